The Morgan fingerprint density at radius 1 is 1.50 bits per heavy atom. The highest BCUT2D eigenvalue weighted by Gasteiger charge is 2.13. The first-order chi connectivity index (χ1) is 4.45. The third kappa shape index (κ3) is 6.10. The number of allylic oxidation sites excluding steroid dienone is 2. The van der Waals surface area contributed by atoms with Crippen molar-refractivity contribution in [2.45, 2.75) is 19.6 Å². The second kappa shape index (κ2) is 3.98. The predicted molar refractivity (Wildman–Crippen MR) is 51.6 cm³/mol. The fraction of sp³-hybridized carbons (Fsp3) is 0.429. The Morgan fingerprint density at radius 2 is 2.00 bits per heavy atom. The topological polar surface area (TPSA) is 9.23 Å². The maximum absolute atomic E-state index is 5.44. The van der Waals surface area contributed by atoms with Gasteiger partial charge in [-0.3, -0.25) is 0 Å². The third-order valence-corrected chi connectivity index (χ3v) is 2.06. The number of hydrogen-bond donors (Lipinski definition) is 0. The molecule has 0 amide bonds. The fourth-order valence-electron chi connectivity index (χ4n) is 0.281. The zero-order valence-electron chi connectivity index (χ0n) is 6.65. The minimum absolute atomic E-state index is 0.898. The normalized spacial score (nSPS) is 13.0. The van der Waals surface area contributed by atoms with Crippen LogP contribution in [0, 0.1) is 0 Å². The molecule has 3 heteroatoms. The van der Waals surface area contributed by atoms with E-state index in [1.807, 2.05) is 0 Å². The summed E-state index contributed by atoms with van der Waals surface area (Å²) in [5.74, 6) is 0. The minimum atomic E-state index is -1.39. The molecule has 10 heavy (non-hydrogen) atoms. The summed E-state index contributed by atoms with van der Waals surface area (Å²) in [6.45, 7) is 9.98. The van der Waals surface area contributed by atoms with Crippen molar-refractivity contribution in [3.05, 3.63) is 23.4 Å². The van der Waals surface area contributed by atoms with Gasteiger partial charge in [-0.25, -0.2) is 0 Å². The largest absolute Gasteiger partial charge is 0.549 e. The van der Waals surface area contributed by atoms with Gasteiger partial charge in [0.1, 0.15) is 0 Å². The molecule has 0 unspecified atom stereocenters. The van der Waals surface area contributed by atoms with Crippen LogP contribution in [-0.2, 0) is 4.43 Å². The van der Waals surface area contributed by atoms with Crippen LogP contribution in [0.4, 0.5) is 0 Å². The van der Waals surface area contributed by atoms with Gasteiger partial charge in [-0.05, 0) is 35.6 Å². The van der Waals surface area contributed by atoms with E-state index in [2.05, 4.69) is 42.1 Å². The van der Waals surface area contributed by atoms with Crippen LogP contribution in [0.2, 0.25) is 19.6 Å². The summed E-state index contributed by atoms with van der Waals surface area (Å²) >= 11 is 3.27. The van der Waals surface area contributed by atoms with E-state index >= 15 is 0 Å². The highest BCUT2D eigenvalue weighted by Crippen LogP contribution is 2.09. The Bertz CT molecular complexity index is 146. The molecule has 0 aliphatic carbocycles. The van der Waals surface area contributed by atoms with Crippen LogP contribution in [0.25, 0.3) is 0 Å². The lowest BCUT2D eigenvalue weighted by molar-refractivity contribution is 0.479. The van der Waals surface area contributed by atoms with Crippen molar-refractivity contribution in [3.63, 3.8) is 0 Å². The second-order valence-corrected chi connectivity index (χ2v) is 8.31. The molecule has 0 saturated heterocycles. The molecule has 0 spiro atoms. The van der Waals surface area contributed by atoms with Gasteiger partial charge in [0.15, 0.2) is 0 Å². The van der Waals surface area contributed by atoms with Crippen LogP contribution >= 0.6 is 15.9 Å². The lowest BCUT2D eigenvalue weighted by Crippen LogP contribution is -2.22. The van der Waals surface area contributed by atoms with Gasteiger partial charge in [-0.2, -0.15) is 0 Å². The van der Waals surface area contributed by atoms with Gasteiger partial charge in [-0.1, -0.05) is 12.7 Å². The average molecular weight is 221 g/mol. The maximum atomic E-state index is 5.44. The monoisotopic (exact) mass is 220 g/mol. The Hall–Kier alpha value is -0.0231. The first-order valence-corrected chi connectivity index (χ1v) is 7.32. The number of hydrogen-bond acceptors (Lipinski definition) is 1. The van der Waals surface area contributed by atoms with Crippen molar-refractivity contribution < 1.29 is 4.43 Å². The molecule has 0 fully saturated rings. The van der Waals surface area contributed by atoms with Gasteiger partial charge >= 0.3 is 0 Å². The average Bonchev–Trinajstić information content (AvgIpc) is 1.81. The second-order valence-electron chi connectivity index (χ2n) is 2.94. The molecule has 0 N–H and O–H groups in total. The molecule has 0 saturated carbocycles. The molecular weight excluding hydrogens is 208 g/mol. The van der Waals surface area contributed by atoms with E-state index in [1.165, 1.54) is 0 Å². The van der Waals surface area contributed by atoms with Crippen molar-refractivity contribution in [2.24, 2.45) is 0 Å². The molecule has 0 heterocycles. The standard InChI is InChI=1S/C7H13BrOSi/c1-5-7(8)6-9-10(2,3)4/h5-6H,1H2,2-4H3/b7-6-. The van der Waals surface area contributed by atoms with Crippen LogP contribution < -0.4 is 0 Å². The van der Waals surface area contributed by atoms with Gasteiger partial charge in [0.25, 0.3) is 0 Å². The molecule has 0 radical (unpaired) electrons. The van der Waals surface area contributed by atoms with E-state index in [9.17, 15) is 0 Å². The van der Waals surface area contributed by atoms with Gasteiger partial charge in [0.05, 0.1) is 6.26 Å². The lowest BCUT2D eigenvalue weighted by atomic mass is 10.6. The molecule has 0 aromatic carbocycles. The highest BCUT2D eigenvalue weighted by molar-refractivity contribution is 9.11. The molecule has 0 bridgehead atoms. The maximum Gasteiger partial charge on any atom is 0.241 e. The van der Waals surface area contributed by atoms with E-state index in [-0.39, 0.29) is 0 Å². The summed E-state index contributed by atoms with van der Waals surface area (Å²) in [5.41, 5.74) is 0. The van der Waals surface area contributed by atoms with Gasteiger partial charge in [-0.15, -0.1) is 0 Å². The summed E-state index contributed by atoms with van der Waals surface area (Å²) in [6, 6.07) is 0. The van der Waals surface area contributed by atoms with E-state index in [1.54, 1.807) is 12.3 Å². The molecule has 0 aliphatic rings. The Kier molecular flexibility index (Phi) is 3.97. The Morgan fingerprint density at radius 3 is 2.30 bits per heavy atom. The van der Waals surface area contributed by atoms with Crippen molar-refractivity contribution in [3.8, 4) is 0 Å². The van der Waals surface area contributed by atoms with E-state index in [0.717, 1.165) is 4.48 Å². The van der Waals surface area contributed by atoms with Gasteiger partial charge in [0.2, 0.25) is 8.32 Å². The van der Waals surface area contributed by atoms with Crippen LogP contribution in [0.15, 0.2) is 23.4 Å². The first-order valence-electron chi connectivity index (χ1n) is 3.11. The minimum Gasteiger partial charge on any atom is -0.549 e. The molecule has 0 aromatic heterocycles. The zero-order valence-corrected chi connectivity index (χ0v) is 9.23. The Labute approximate surface area is 72.0 Å². The summed E-state index contributed by atoms with van der Waals surface area (Å²) in [6.07, 6.45) is 3.42. The molecule has 58 valence electrons. The van der Waals surface area contributed by atoms with Crippen LogP contribution in [-0.4, -0.2) is 8.32 Å². The van der Waals surface area contributed by atoms with Crippen LogP contribution in [0.3, 0.4) is 0 Å². The molecule has 0 rings (SSSR count). The smallest absolute Gasteiger partial charge is 0.241 e. The summed E-state index contributed by atoms with van der Waals surface area (Å²) in [5, 5.41) is 0. The summed E-state index contributed by atoms with van der Waals surface area (Å²) in [7, 11) is -1.39. The summed E-state index contributed by atoms with van der Waals surface area (Å²) < 4.78 is 6.34. The Balaban J connectivity index is 3.84. The molecule has 0 aromatic rings. The van der Waals surface area contributed by atoms with Crippen molar-refractivity contribution in [1.29, 1.82) is 0 Å². The van der Waals surface area contributed by atoms with Crippen LogP contribution in [0.1, 0.15) is 0 Å². The lowest BCUT2D eigenvalue weighted by Gasteiger charge is -2.14. The summed E-state index contributed by atoms with van der Waals surface area (Å²) in [4.78, 5) is 0. The van der Waals surface area contributed by atoms with E-state index < -0.39 is 8.32 Å². The molecule has 0 aliphatic heterocycles. The number of rotatable bonds is 3. The van der Waals surface area contributed by atoms with E-state index in [0.29, 0.717) is 0 Å². The van der Waals surface area contributed by atoms with Crippen molar-refractivity contribution in [2.75, 3.05) is 0 Å². The first kappa shape index (κ1) is 9.98. The van der Waals surface area contributed by atoms with Gasteiger partial charge in [0, 0.05) is 4.48 Å². The van der Waals surface area contributed by atoms with Gasteiger partial charge < -0.3 is 4.43 Å². The predicted octanol–water partition coefficient (Wildman–Crippen LogP) is 3.26. The molecular formula is C7H13BrOSi. The molecule has 1 nitrogen and oxygen atoms in total. The quantitative estimate of drug-likeness (QED) is 0.403. The number of halogens is 1. The van der Waals surface area contributed by atoms with E-state index in [4.69, 9.17) is 4.43 Å². The third-order valence-electron chi connectivity index (χ3n) is 0.720. The SMILES string of the molecule is C=C/C(Br)=C/O[Si](C)(C)C. The van der Waals surface area contributed by atoms with Crippen molar-refractivity contribution >= 4 is 24.2 Å². The fourth-order valence-corrected chi connectivity index (χ4v) is 1.03. The highest BCUT2D eigenvalue weighted by atomic mass is 79.9. The zero-order chi connectivity index (χ0) is 8.20. The van der Waals surface area contributed by atoms with Crippen molar-refractivity contribution in [1.82, 2.24) is 0 Å². The molecule has 0 atom stereocenters. The van der Waals surface area contributed by atoms with Crippen LogP contribution in [0.5, 0.6) is 0 Å².